The number of ether oxygens (including phenoxy) is 2. The van der Waals surface area contributed by atoms with Crippen LogP contribution in [0.25, 0.3) is 0 Å². The number of ketones is 1. The van der Waals surface area contributed by atoms with Crippen LogP contribution in [0.5, 0.6) is 0 Å². The lowest BCUT2D eigenvalue weighted by molar-refractivity contribution is -0.560. The number of nitrogens with zero attached hydrogens (tertiary/aromatic N) is 1. The van der Waals surface area contributed by atoms with Gasteiger partial charge in [-0.05, 0) is 19.4 Å². The maximum Gasteiger partial charge on any atom is 0.309 e. The minimum atomic E-state index is -2.01. The zero-order chi connectivity index (χ0) is 14.1. The highest BCUT2D eigenvalue weighted by atomic mass is 16.6. The van der Waals surface area contributed by atoms with Gasteiger partial charge in [-0.15, -0.1) is 0 Å². The fourth-order valence-electron chi connectivity index (χ4n) is 2.23. The molecule has 0 aliphatic heterocycles. The third-order valence-corrected chi connectivity index (χ3v) is 2.99. The van der Waals surface area contributed by atoms with E-state index in [0.29, 0.717) is 11.3 Å². The predicted molar refractivity (Wildman–Crippen MR) is 62.9 cm³/mol. The Morgan fingerprint density at radius 2 is 2.06 bits per heavy atom. The number of hydrogen-bond donors (Lipinski definition) is 1. The van der Waals surface area contributed by atoms with E-state index in [2.05, 4.69) is 0 Å². The first-order valence-electron chi connectivity index (χ1n) is 5.25. The van der Waals surface area contributed by atoms with Gasteiger partial charge in [0, 0.05) is 4.92 Å². The monoisotopic (exact) mass is 256 g/mol. The van der Waals surface area contributed by atoms with Gasteiger partial charge >= 0.3 is 5.66 Å². The zero-order valence-corrected chi connectivity index (χ0v) is 10.7. The molecular weight excluding hydrogens is 240 g/mol. The minimum Gasteiger partial charge on any atom is -0.493 e. The summed E-state index contributed by atoms with van der Waals surface area (Å²) >= 11 is 0. The summed E-state index contributed by atoms with van der Waals surface area (Å²) in [5.74, 6) is -0.999. The Kier molecular flexibility index (Phi) is 3.76. The molecule has 7 heteroatoms. The van der Waals surface area contributed by atoms with Crippen molar-refractivity contribution >= 4 is 5.78 Å². The van der Waals surface area contributed by atoms with Gasteiger partial charge in [0.1, 0.15) is 11.7 Å². The van der Waals surface area contributed by atoms with E-state index >= 15 is 0 Å². The summed E-state index contributed by atoms with van der Waals surface area (Å²) in [6.07, 6.45) is 1.12. The van der Waals surface area contributed by atoms with Crippen molar-refractivity contribution in [3.05, 3.63) is 33.3 Å². The molecule has 0 saturated carbocycles. The van der Waals surface area contributed by atoms with Crippen LogP contribution in [0.1, 0.15) is 13.8 Å². The second-order valence-corrected chi connectivity index (χ2v) is 4.12. The van der Waals surface area contributed by atoms with Gasteiger partial charge in [-0.2, -0.15) is 0 Å². The van der Waals surface area contributed by atoms with E-state index < -0.39 is 22.3 Å². The molecule has 7 nitrogen and oxygen atoms in total. The molecule has 2 unspecified atom stereocenters. The largest absolute Gasteiger partial charge is 0.493 e. The van der Waals surface area contributed by atoms with Gasteiger partial charge in [0.05, 0.1) is 20.3 Å². The molecular formula is C11H16N2O5. The van der Waals surface area contributed by atoms with Crippen LogP contribution in [0.2, 0.25) is 0 Å². The van der Waals surface area contributed by atoms with Gasteiger partial charge in [-0.25, -0.2) is 0 Å². The highest BCUT2D eigenvalue weighted by molar-refractivity contribution is 5.83. The van der Waals surface area contributed by atoms with Gasteiger partial charge in [0.25, 0.3) is 0 Å². The van der Waals surface area contributed by atoms with Crippen LogP contribution in [-0.2, 0) is 14.3 Å². The lowest BCUT2D eigenvalue weighted by atomic mass is 9.79. The van der Waals surface area contributed by atoms with Crippen molar-refractivity contribution in [2.75, 3.05) is 14.2 Å². The maximum absolute atomic E-state index is 11.6. The molecule has 100 valence electrons. The highest BCUT2D eigenvalue weighted by Crippen LogP contribution is 2.36. The van der Waals surface area contributed by atoms with Crippen LogP contribution in [0.3, 0.4) is 0 Å². The van der Waals surface area contributed by atoms with Crippen molar-refractivity contribution in [2.24, 2.45) is 11.7 Å². The Labute approximate surface area is 104 Å². The highest BCUT2D eigenvalue weighted by Gasteiger charge is 2.53. The van der Waals surface area contributed by atoms with Crippen molar-refractivity contribution in [1.82, 2.24) is 0 Å². The second-order valence-electron chi connectivity index (χ2n) is 4.12. The fraction of sp³-hybridized carbons (Fsp3) is 0.545. The topological polar surface area (TPSA) is 105 Å². The van der Waals surface area contributed by atoms with Crippen LogP contribution in [-0.4, -0.2) is 30.6 Å². The SMILES string of the molecule is COC1=CC(N)([N+](=O)[O-])C(C(C)=O)C(C)=C1OC. The van der Waals surface area contributed by atoms with Gasteiger partial charge < -0.3 is 9.47 Å². The Hall–Kier alpha value is -1.89. The summed E-state index contributed by atoms with van der Waals surface area (Å²) in [5.41, 5.74) is 4.14. The van der Waals surface area contributed by atoms with Gasteiger partial charge in [0.2, 0.25) is 0 Å². The van der Waals surface area contributed by atoms with E-state index in [1.165, 1.54) is 21.1 Å². The van der Waals surface area contributed by atoms with E-state index in [-0.39, 0.29) is 5.76 Å². The molecule has 0 fully saturated rings. The molecule has 0 aromatic heterocycles. The minimum absolute atomic E-state index is 0.159. The van der Waals surface area contributed by atoms with Gasteiger partial charge in [-0.1, -0.05) is 0 Å². The number of hydrogen-bond acceptors (Lipinski definition) is 6. The molecule has 0 amide bonds. The number of nitro groups is 1. The first-order chi connectivity index (χ1) is 8.29. The summed E-state index contributed by atoms with van der Waals surface area (Å²) in [6, 6.07) is 0. The molecule has 0 radical (unpaired) electrons. The Morgan fingerprint density at radius 1 is 1.50 bits per heavy atom. The van der Waals surface area contributed by atoms with E-state index in [1.54, 1.807) is 6.92 Å². The standard InChI is InChI=1S/C11H16N2O5/c1-6-9(7(2)14)11(12,13(15)16)5-8(17-3)10(6)18-4/h5,9H,12H2,1-4H3. The summed E-state index contributed by atoms with van der Waals surface area (Å²) in [7, 11) is 2.76. The van der Waals surface area contributed by atoms with Crippen molar-refractivity contribution < 1.29 is 19.2 Å². The van der Waals surface area contributed by atoms with E-state index in [9.17, 15) is 14.9 Å². The number of carbonyl (C=O) groups is 1. The normalized spacial score (nSPS) is 27.6. The number of nitrogens with two attached hydrogens (primary N) is 1. The molecule has 0 heterocycles. The smallest absolute Gasteiger partial charge is 0.309 e. The maximum atomic E-state index is 11.6. The molecule has 0 aromatic rings. The van der Waals surface area contributed by atoms with Crippen molar-refractivity contribution in [3.63, 3.8) is 0 Å². The first kappa shape index (κ1) is 14.2. The lowest BCUT2D eigenvalue weighted by Gasteiger charge is -2.31. The third kappa shape index (κ3) is 1.97. The molecule has 1 rings (SSSR count). The molecule has 1 aliphatic rings. The zero-order valence-electron chi connectivity index (χ0n) is 10.7. The number of Topliss-reactive ketones (excluding diaryl/α,β-unsaturated/α-hetero) is 1. The molecule has 0 spiro atoms. The van der Waals surface area contributed by atoms with Gasteiger partial charge in [-0.3, -0.25) is 20.6 Å². The third-order valence-electron chi connectivity index (χ3n) is 2.99. The van der Waals surface area contributed by atoms with Crippen LogP contribution < -0.4 is 5.73 Å². The van der Waals surface area contributed by atoms with Crippen molar-refractivity contribution in [2.45, 2.75) is 19.5 Å². The first-order valence-corrected chi connectivity index (χ1v) is 5.25. The molecule has 0 bridgehead atoms. The van der Waals surface area contributed by atoms with Gasteiger partial charge in [0.15, 0.2) is 11.5 Å². The van der Waals surface area contributed by atoms with E-state index in [4.69, 9.17) is 15.2 Å². The van der Waals surface area contributed by atoms with E-state index in [0.717, 1.165) is 6.08 Å². The number of methoxy groups -OCH3 is 2. The van der Waals surface area contributed by atoms with E-state index in [1.807, 2.05) is 0 Å². The van der Waals surface area contributed by atoms with Crippen LogP contribution >= 0.6 is 0 Å². The average molecular weight is 256 g/mol. The molecule has 2 N–H and O–H groups in total. The Bertz CT molecular complexity index is 454. The summed E-state index contributed by atoms with van der Waals surface area (Å²) in [5, 5.41) is 11.2. The number of carbonyl (C=O) groups excluding carboxylic acids is 1. The fourth-order valence-corrected chi connectivity index (χ4v) is 2.23. The lowest BCUT2D eigenvalue weighted by Crippen LogP contribution is -2.57. The second kappa shape index (κ2) is 4.77. The van der Waals surface area contributed by atoms with Crippen LogP contribution in [0, 0.1) is 16.0 Å². The van der Waals surface area contributed by atoms with Crippen LogP contribution in [0.15, 0.2) is 23.2 Å². The quantitative estimate of drug-likeness (QED) is 0.448. The molecule has 18 heavy (non-hydrogen) atoms. The Morgan fingerprint density at radius 3 is 2.39 bits per heavy atom. The molecule has 1 aliphatic carbocycles. The molecule has 2 atom stereocenters. The summed E-state index contributed by atoms with van der Waals surface area (Å²) < 4.78 is 10.1. The van der Waals surface area contributed by atoms with Crippen molar-refractivity contribution in [1.29, 1.82) is 0 Å². The molecule has 0 aromatic carbocycles. The summed E-state index contributed by atoms with van der Waals surface area (Å²) in [6.45, 7) is 2.83. The molecule has 0 saturated heterocycles. The summed E-state index contributed by atoms with van der Waals surface area (Å²) in [4.78, 5) is 22.1. The van der Waals surface area contributed by atoms with Crippen LogP contribution in [0.4, 0.5) is 0 Å². The Balaban J connectivity index is 3.49. The number of rotatable bonds is 4. The predicted octanol–water partition coefficient (Wildman–Crippen LogP) is 0.588. The average Bonchev–Trinajstić information content (AvgIpc) is 2.27. The van der Waals surface area contributed by atoms with Crippen molar-refractivity contribution in [3.8, 4) is 0 Å².